The molecule has 3 aliphatic rings. The molecule has 1 unspecified atom stereocenters. The van der Waals surface area contributed by atoms with Gasteiger partial charge in [0.1, 0.15) is 11.3 Å². The predicted octanol–water partition coefficient (Wildman–Crippen LogP) is 7.17. The first-order valence-corrected chi connectivity index (χ1v) is 15.2. The van der Waals surface area contributed by atoms with Crippen molar-refractivity contribution in [2.45, 2.75) is 88.7 Å². The Morgan fingerprint density at radius 3 is 2.51 bits per heavy atom. The Hall–Kier alpha value is -3.94. The Morgan fingerprint density at radius 1 is 0.976 bits per heavy atom. The number of aromatic nitrogens is 5. The maximum absolute atomic E-state index is 12.2. The summed E-state index contributed by atoms with van der Waals surface area (Å²) in [6.07, 6.45) is 14.5. The molecule has 2 aromatic carbocycles. The van der Waals surface area contributed by atoms with Gasteiger partial charge in [0.15, 0.2) is 0 Å². The molecule has 0 bridgehead atoms. The van der Waals surface area contributed by atoms with Crippen molar-refractivity contribution in [1.82, 2.24) is 24.8 Å². The average molecular weight is 552 g/mol. The van der Waals surface area contributed by atoms with Gasteiger partial charge in [-0.3, -0.25) is 0 Å². The molecule has 0 amide bonds. The Morgan fingerprint density at radius 2 is 1.76 bits per heavy atom. The van der Waals surface area contributed by atoms with Crippen LogP contribution in [0.5, 0.6) is 5.75 Å². The summed E-state index contributed by atoms with van der Waals surface area (Å²) in [6, 6.07) is 16.9. The van der Waals surface area contributed by atoms with E-state index in [1.165, 1.54) is 44.7 Å². The molecule has 2 aromatic heterocycles. The number of hydrogen-bond acceptors (Lipinski definition) is 5. The summed E-state index contributed by atoms with van der Waals surface area (Å²) >= 11 is 0. The molecular weight excluding hydrogens is 514 g/mol. The van der Waals surface area contributed by atoms with Gasteiger partial charge in [-0.05, 0) is 86.8 Å². The molecule has 8 heteroatoms. The van der Waals surface area contributed by atoms with Crippen molar-refractivity contribution in [2.75, 3.05) is 0 Å². The topological polar surface area (TPSA) is 95.1 Å². The van der Waals surface area contributed by atoms with Crippen LogP contribution in [0.4, 0.5) is 0 Å². The highest BCUT2D eigenvalue weighted by atomic mass is 16.5. The second kappa shape index (κ2) is 10.8. The summed E-state index contributed by atoms with van der Waals surface area (Å²) < 4.78 is 10.2. The lowest BCUT2D eigenvalue weighted by Gasteiger charge is -2.28. The zero-order valence-corrected chi connectivity index (χ0v) is 23.5. The smallest absolute Gasteiger partial charge is 0.339 e. The number of ether oxygens (including phenoxy) is 1. The van der Waals surface area contributed by atoms with Gasteiger partial charge in [0.25, 0.3) is 0 Å². The molecule has 8 nitrogen and oxygen atoms in total. The van der Waals surface area contributed by atoms with Crippen molar-refractivity contribution in [3.63, 3.8) is 0 Å². The number of rotatable bonds is 9. The predicted molar refractivity (Wildman–Crippen MR) is 156 cm³/mol. The van der Waals surface area contributed by atoms with E-state index in [-0.39, 0.29) is 23.5 Å². The van der Waals surface area contributed by atoms with Crippen LogP contribution in [0.25, 0.3) is 16.8 Å². The van der Waals surface area contributed by atoms with E-state index in [1.807, 2.05) is 28.9 Å². The maximum atomic E-state index is 12.2. The van der Waals surface area contributed by atoms with Crippen LogP contribution in [0.3, 0.4) is 0 Å². The van der Waals surface area contributed by atoms with E-state index < -0.39 is 5.97 Å². The first-order chi connectivity index (χ1) is 20.0. The van der Waals surface area contributed by atoms with Gasteiger partial charge in [-0.15, -0.1) is 5.10 Å². The SMILES string of the molecule is CC(Oc1cccc(-c2cccc(-n3ncc(C(=O)O)c3[C@@H]3C[C@H]3c3cn(C4CCC4)nn3)c2)c1)C1CCCCC1. The monoisotopic (exact) mass is 551 g/mol. The minimum Gasteiger partial charge on any atom is -0.490 e. The first kappa shape index (κ1) is 26.0. The van der Waals surface area contributed by atoms with Crippen molar-refractivity contribution >= 4 is 5.97 Å². The van der Waals surface area contributed by atoms with Gasteiger partial charge in [-0.2, -0.15) is 5.10 Å². The molecule has 7 rings (SSSR count). The normalized spacial score (nSPS) is 21.8. The summed E-state index contributed by atoms with van der Waals surface area (Å²) in [7, 11) is 0. The largest absolute Gasteiger partial charge is 0.490 e. The fourth-order valence-electron chi connectivity index (χ4n) is 6.68. The second-order valence-electron chi connectivity index (χ2n) is 12.1. The van der Waals surface area contributed by atoms with Gasteiger partial charge in [-0.1, -0.05) is 48.7 Å². The standard InChI is InChI=1S/C33H37N5O3/c1-21(22-8-3-2-4-9-22)41-27-15-6-11-24(17-27)23-10-5-14-26(16-23)38-32(30(19-34-38)33(39)40)29-18-28(29)31-20-37(36-35-31)25-12-7-13-25/h5-6,10-11,14-17,19-22,25,28-29H,2-4,7-9,12-13,18H2,1H3,(H,39,40)/t21?,28-,29-/m1/s1. The number of carboxylic acids is 1. The highest BCUT2D eigenvalue weighted by molar-refractivity contribution is 5.89. The number of carbonyl (C=O) groups is 1. The van der Waals surface area contributed by atoms with Crippen molar-refractivity contribution in [2.24, 2.45) is 5.92 Å². The van der Waals surface area contributed by atoms with E-state index in [1.54, 1.807) is 4.68 Å². The lowest BCUT2D eigenvalue weighted by Crippen LogP contribution is -2.25. The highest BCUT2D eigenvalue weighted by Gasteiger charge is 2.46. The van der Waals surface area contributed by atoms with E-state index in [0.717, 1.165) is 53.2 Å². The van der Waals surface area contributed by atoms with E-state index >= 15 is 0 Å². The van der Waals surface area contributed by atoms with Crippen LogP contribution in [0.2, 0.25) is 0 Å². The lowest BCUT2D eigenvalue weighted by molar-refractivity contribution is 0.0695. The van der Waals surface area contributed by atoms with Crippen LogP contribution < -0.4 is 4.74 Å². The van der Waals surface area contributed by atoms with E-state index in [0.29, 0.717) is 12.0 Å². The minimum absolute atomic E-state index is 0.0387. The summed E-state index contributed by atoms with van der Waals surface area (Å²) in [5.74, 6) is 0.738. The van der Waals surface area contributed by atoms with Crippen LogP contribution >= 0.6 is 0 Å². The molecule has 3 aliphatic carbocycles. The number of hydrogen-bond donors (Lipinski definition) is 1. The third-order valence-corrected chi connectivity index (χ3v) is 9.43. The molecular formula is C33H37N5O3. The zero-order valence-electron chi connectivity index (χ0n) is 23.5. The molecule has 1 N–H and O–H groups in total. The molecule has 0 saturated heterocycles. The van der Waals surface area contributed by atoms with Crippen molar-refractivity contribution in [1.29, 1.82) is 0 Å². The Labute approximate surface area is 240 Å². The summed E-state index contributed by atoms with van der Waals surface area (Å²) in [4.78, 5) is 12.2. The van der Waals surface area contributed by atoms with Gasteiger partial charge in [-0.25, -0.2) is 14.2 Å². The first-order valence-electron chi connectivity index (χ1n) is 15.2. The minimum atomic E-state index is -0.955. The van der Waals surface area contributed by atoms with Gasteiger partial charge >= 0.3 is 5.97 Å². The third kappa shape index (κ3) is 5.16. The fourth-order valence-corrected chi connectivity index (χ4v) is 6.68. The van der Waals surface area contributed by atoms with Crippen molar-refractivity contribution < 1.29 is 14.6 Å². The van der Waals surface area contributed by atoms with Gasteiger partial charge in [0.05, 0.1) is 35.4 Å². The molecule has 41 heavy (non-hydrogen) atoms. The van der Waals surface area contributed by atoms with Crippen LogP contribution in [0, 0.1) is 5.92 Å². The molecule has 212 valence electrons. The van der Waals surface area contributed by atoms with Gasteiger partial charge < -0.3 is 9.84 Å². The zero-order chi connectivity index (χ0) is 27.9. The molecule has 3 atom stereocenters. The van der Waals surface area contributed by atoms with Gasteiger partial charge in [0, 0.05) is 18.0 Å². The third-order valence-electron chi connectivity index (χ3n) is 9.43. The van der Waals surface area contributed by atoms with E-state index in [4.69, 9.17) is 4.74 Å². The van der Waals surface area contributed by atoms with Crippen molar-refractivity contribution in [3.05, 3.63) is 77.9 Å². The molecule has 2 heterocycles. The van der Waals surface area contributed by atoms with E-state index in [2.05, 4.69) is 52.8 Å². The summed E-state index contributed by atoms with van der Waals surface area (Å²) in [6.45, 7) is 2.20. The van der Waals surface area contributed by atoms with E-state index in [9.17, 15) is 9.90 Å². The summed E-state index contributed by atoms with van der Waals surface area (Å²) in [5, 5.41) is 23.4. The second-order valence-corrected chi connectivity index (χ2v) is 12.1. The Kier molecular flexibility index (Phi) is 6.85. The fraction of sp³-hybridized carbons (Fsp3) is 0.455. The molecule has 3 fully saturated rings. The Bertz CT molecular complexity index is 1550. The average Bonchev–Trinajstić information content (AvgIpc) is 3.38. The number of benzene rings is 2. The molecule has 0 radical (unpaired) electrons. The number of nitrogens with zero attached hydrogens (tertiary/aromatic N) is 5. The molecule has 4 aromatic rings. The van der Waals surface area contributed by atoms with Crippen LogP contribution in [-0.4, -0.2) is 42.0 Å². The lowest BCUT2D eigenvalue weighted by atomic mass is 9.86. The highest BCUT2D eigenvalue weighted by Crippen LogP contribution is 2.55. The van der Waals surface area contributed by atoms with Gasteiger partial charge in [0.2, 0.25) is 0 Å². The summed E-state index contributed by atoms with van der Waals surface area (Å²) in [5.41, 5.74) is 4.86. The quantitative estimate of drug-likeness (QED) is 0.237. The molecule has 3 saturated carbocycles. The molecule has 0 spiro atoms. The maximum Gasteiger partial charge on any atom is 0.339 e. The Balaban J connectivity index is 1.14. The van der Waals surface area contributed by atoms with Crippen LogP contribution in [0.1, 0.15) is 104 Å². The molecule has 0 aliphatic heterocycles. The van der Waals surface area contributed by atoms with Crippen molar-refractivity contribution in [3.8, 4) is 22.6 Å². The number of carboxylic acid groups (broad SMARTS) is 1. The van der Waals surface area contributed by atoms with Crippen LogP contribution in [-0.2, 0) is 0 Å². The number of aromatic carboxylic acids is 1. The van der Waals surface area contributed by atoms with Crippen LogP contribution in [0.15, 0.2) is 60.9 Å².